The first-order chi connectivity index (χ1) is 6.83. The second kappa shape index (κ2) is 3.60. The second-order valence-electron chi connectivity index (χ2n) is 3.34. The Morgan fingerprint density at radius 2 is 2.43 bits per heavy atom. The molecule has 0 saturated carbocycles. The van der Waals surface area contributed by atoms with Gasteiger partial charge in [-0.25, -0.2) is 0 Å². The molecule has 72 valence electrons. The fourth-order valence-corrected chi connectivity index (χ4v) is 1.81. The fraction of sp³-hybridized carbons (Fsp3) is 0.400. The summed E-state index contributed by atoms with van der Waals surface area (Å²) < 4.78 is 5.50. The van der Waals surface area contributed by atoms with Crippen LogP contribution in [0.25, 0.3) is 10.4 Å². The maximum absolute atomic E-state index is 8.45. The van der Waals surface area contributed by atoms with Crippen LogP contribution < -0.4 is 4.74 Å². The van der Waals surface area contributed by atoms with E-state index in [1.54, 1.807) is 0 Å². The predicted octanol–water partition coefficient (Wildman–Crippen LogP) is 3.13. The smallest absolute Gasteiger partial charge is 0.123 e. The first-order valence-corrected chi connectivity index (χ1v) is 4.59. The highest BCUT2D eigenvalue weighted by molar-refractivity contribution is 5.43. The van der Waals surface area contributed by atoms with Crippen LogP contribution in [0, 0.1) is 6.92 Å². The molecule has 0 fully saturated rings. The number of benzene rings is 1. The maximum atomic E-state index is 8.45. The Morgan fingerprint density at radius 3 is 3.21 bits per heavy atom. The highest BCUT2D eigenvalue weighted by Gasteiger charge is 2.21. The summed E-state index contributed by atoms with van der Waals surface area (Å²) in [6.45, 7) is 2.63. The average Bonchev–Trinajstić information content (AvgIpc) is 2.19. The molecule has 0 bridgehead atoms. The zero-order valence-electron chi connectivity index (χ0n) is 7.97. The van der Waals surface area contributed by atoms with Crippen LogP contribution in [0.2, 0.25) is 0 Å². The summed E-state index contributed by atoms with van der Waals surface area (Å²) in [5.74, 6) is 0.855. The van der Waals surface area contributed by atoms with Crippen LogP contribution in [0.4, 0.5) is 0 Å². The van der Waals surface area contributed by atoms with E-state index in [0.717, 1.165) is 23.3 Å². The number of fused-ring (bicyclic) bond motifs is 1. The zero-order valence-corrected chi connectivity index (χ0v) is 7.97. The van der Waals surface area contributed by atoms with E-state index < -0.39 is 0 Å². The van der Waals surface area contributed by atoms with E-state index in [4.69, 9.17) is 10.3 Å². The summed E-state index contributed by atoms with van der Waals surface area (Å²) in [7, 11) is 0. The first-order valence-electron chi connectivity index (χ1n) is 4.59. The van der Waals surface area contributed by atoms with Gasteiger partial charge in [-0.1, -0.05) is 17.2 Å². The van der Waals surface area contributed by atoms with Gasteiger partial charge in [0.15, 0.2) is 0 Å². The molecule has 0 N–H and O–H groups in total. The third-order valence-corrected chi connectivity index (χ3v) is 2.46. The van der Waals surface area contributed by atoms with Crippen molar-refractivity contribution in [2.24, 2.45) is 5.11 Å². The molecule has 0 radical (unpaired) electrons. The van der Waals surface area contributed by atoms with E-state index in [1.807, 2.05) is 25.1 Å². The zero-order chi connectivity index (χ0) is 9.97. The van der Waals surface area contributed by atoms with Gasteiger partial charge in [0, 0.05) is 10.5 Å². The monoisotopic (exact) mass is 189 g/mol. The highest BCUT2D eigenvalue weighted by Crippen LogP contribution is 2.36. The Morgan fingerprint density at radius 1 is 1.57 bits per heavy atom. The Kier molecular flexibility index (Phi) is 2.29. The minimum Gasteiger partial charge on any atom is -0.493 e. The predicted molar refractivity (Wildman–Crippen MR) is 53.2 cm³/mol. The maximum Gasteiger partial charge on any atom is 0.123 e. The quantitative estimate of drug-likeness (QED) is 0.380. The summed E-state index contributed by atoms with van der Waals surface area (Å²) in [5.41, 5.74) is 10.6. The number of rotatable bonds is 1. The molecule has 0 amide bonds. The van der Waals surface area contributed by atoms with Crippen molar-refractivity contribution in [2.45, 2.75) is 19.4 Å². The summed E-state index contributed by atoms with van der Waals surface area (Å²) in [5, 5.41) is 3.79. The van der Waals surface area contributed by atoms with Crippen LogP contribution in [0.1, 0.15) is 23.6 Å². The second-order valence-corrected chi connectivity index (χ2v) is 3.34. The van der Waals surface area contributed by atoms with Crippen LogP contribution in [0.15, 0.2) is 23.3 Å². The lowest BCUT2D eigenvalue weighted by atomic mass is 9.97. The van der Waals surface area contributed by atoms with Crippen molar-refractivity contribution < 1.29 is 4.74 Å². The molecule has 2 rings (SSSR count). The lowest BCUT2D eigenvalue weighted by Gasteiger charge is -2.24. The molecule has 1 aromatic carbocycles. The SMILES string of the molecule is Cc1cccc2c1[C@H](N=[N+]=[N-])CCO2. The summed E-state index contributed by atoms with van der Waals surface area (Å²) >= 11 is 0. The molecule has 1 aromatic rings. The van der Waals surface area contributed by atoms with Gasteiger partial charge in [-0.2, -0.15) is 0 Å². The molecule has 1 aliphatic rings. The van der Waals surface area contributed by atoms with Crippen LogP contribution >= 0.6 is 0 Å². The molecular weight excluding hydrogens is 178 g/mol. The van der Waals surface area contributed by atoms with Crippen LogP contribution in [0.5, 0.6) is 5.75 Å². The van der Waals surface area contributed by atoms with Crippen LogP contribution in [-0.2, 0) is 0 Å². The lowest BCUT2D eigenvalue weighted by molar-refractivity contribution is 0.268. The van der Waals surface area contributed by atoms with Crippen molar-refractivity contribution in [3.8, 4) is 5.75 Å². The van der Waals surface area contributed by atoms with E-state index in [0.29, 0.717) is 6.61 Å². The number of hydrogen-bond donors (Lipinski definition) is 0. The molecule has 1 heterocycles. The number of azide groups is 1. The van der Waals surface area contributed by atoms with E-state index in [1.165, 1.54) is 0 Å². The number of nitrogens with zero attached hydrogens (tertiary/aromatic N) is 3. The summed E-state index contributed by atoms with van der Waals surface area (Å²) in [4.78, 5) is 2.87. The summed E-state index contributed by atoms with van der Waals surface area (Å²) in [6, 6.07) is 5.81. The molecule has 0 aliphatic carbocycles. The van der Waals surface area contributed by atoms with Crippen molar-refractivity contribution in [3.05, 3.63) is 39.8 Å². The first kappa shape index (κ1) is 8.91. The van der Waals surface area contributed by atoms with E-state index >= 15 is 0 Å². The number of hydrogen-bond acceptors (Lipinski definition) is 2. The van der Waals surface area contributed by atoms with Crippen molar-refractivity contribution in [1.82, 2.24) is 0 Å². The lowest BCUT2D eigenvalue weighted by Crippen LogP contribution is -2.13. The van der Waals surface area contributed by atoms with Crippen LogP contribution in [-0.4, -0.2) is 6.61 Å². The van der Waals surface area contributed by atoms with Gasteiger partial charge in [-0.3, -0.25) is 0 Å². The van der Waals surface area contributed by atoms with Gasteiger partial charge in [0.05, 0.1) is 12.6 Å². The van der Waals surface area contributed by atoms with E-state index in [9.17, 15) is 0 Å². The summed E-state index contributed by atoms with van der Waals surface area (Å²) in [6.07, 6.45) is 0.766. The van der Waals surface area contributed by atoms with Gasteiger partial charge in [-0.15, -0.1) is 0 Å². The highest BCUT2D eigenvalue weighted by atomic mass is 16.5. The molecule has 0 saturated heterocycles. The van der Waals surface area contributed by atoms with Gasteiger partial charge in [-0.05, 0) is 30.5 Å². The van der Waals surface area contributed by atoms with Crippen molar-refractivity contribution in [3.63, 3.8) is 0 Å². The molecule has 1 aliphatic heterocycles. The van der Waals surface area contributed by atoms with Gasteiger partial charge >= 0.3 is 0 Å². The number of ether oxygens (including phenoxy) is 1. The molecule has 14 heavy (non-hydrogen) atoms. The fourth-order valence-electron chi connectivity index (χ4n) is 1.81. The van der Waals surface area contributed by atoms with Gasteiger partial charge in [0.2, 0.25) is 0 Å². The standard InChI is InChI=1S/C10H11N3O/c1-7-3-2-4-9-10(7)8(12-13-11)5-6-14-9/h2-4,8H,5-6H2,1H3/t8-/m1/s1. The van der Waals surface area contributed by atoms with Gasteiger partial charge in [0.1, 0.15) is 5.75 Å². The molecule has 4 nitrogen and oxygen atoms in total. The molecule has 0 aromatic heterocycles. The Balaban J connectivity index is 2.51. The third-order valence-electron chi connectivity index (χ3n) is 2.46. The van der Waals surface area contributed by atoms with Crippen LogP contribution in [0.3, 0.4) is 0 Å². The Bertz CT molecular complexity index is 396. The average molecular weight is 189 g/mol. The molecule has 0 unspecified atom stereocenters. The molecule has 0 spiro atoms. The van der Waals surface area contributed by atoms with Crippen molar-refractivity contribution in [2.75, 3.05) is 6.61 Å². The third kappa shape index (κ3) is 1.40. The largest absolute Gasteiger partial charge is 0.493 e. The van der Waals surface area contributed by atoms with Crippen molar-refractivity contribution in [1.29, 1.82) is 0 Å². The van der Waals surface area contributed by atoms with E-state index in [2.05, 4.69) is 10.0 Å². The minimum absolute atomic E-state index is 0.0649. The van der Waals surface area contributed by atoms with E-state index in [-0.39, 0.29) is 6.04 Å². The Labute approximate surface area is 82.1 Å². The molecular formula is C10H11N3O. The molecule has 4 heteroatoms. The molecule has 1 atom stereocenters. The minimum atomic E-state index is -0.0649. The normalized spacial score (nSPS) is 19.1. The van der Waals surface area contributed by atoms with Gasteiger partial charge in [0.25, 0.3) is 0 Å². The Hall–Kier alpha value is -1.67. The number of aryl methyl sites for hydroxylation is 1. The van der Waals surface area contributed by atoms with Crippen molar-refractivity contribution >= 4 is 0 Å². The topological polar surface area (TPSA) is 58.0 Å². The van der Waals surface area contributed by atoms with Gasteiger partial charge < -0.3 is 4.74 Å².